The molecule has 2 heterocycles. The van der Waals surface area contributed by atoms with Crippen molar-refractivity contribution in [2.75, 3.05) is 81.4 Å². The Bertz CT molecular complexity index is 2520. The van der Waals surface area contributed by atoms with Gasteiger partial charge in [0.25, 0.3) is 25.8 Å². The van der Waals surface area contributed by atoms with E-state index in [0.29, 0.717) is 51.0 Å². The third-order valence-electron chi connectivity index (χ3n) is 14.4. The SMILES string of the molecule is CC1(C)CCC(CN2CCN(c3ccc(C(=O)NS(=O)(=O)c4ccc(N[C@H](CCN5CCNCC5)CSc5ccccc5)c(S(=O)(=O)C(F)(F)F)c4)cc3)CC2)=C(C23CC(C(F)(F)F)(C2)C3)C1. The lowest BCUT2D eigenvalue weighted by Gasteiger charge is -2.72. The second kappa shape index (κ2) is 18.8. The molecule has 5 fully saturated rings. The largest absolute Gasteiger partial charge is 0.501 e. The van der Waals surface area contributed by atoms with E-state index >= 15 is 0 Å². The molecule has 20 heteroatoms. The Morgan fingerprint density at radius 1 is 0.836 bits per heavy atom. The number of carbonyl (C=O) groups is 1. The predicted molar refractivity (Wildman–Crippen MR) is 247 cm³/mol. The minimum atomic E-state index is -6.07. The van der Waals surface area contributed by atoms with Crippen molar-refractivity contribution >= 4 is 48.9 Å². The van der Waals surface area contributed by atoms with Gasteiger partial charge in [0.15, 0.2) is 0 Å². The number of benzene rings is 3. The lowest BCUT2D eigenvalue weighted by atomic mass is 9.31. The highest BCUT2D eigenvalue weighted by Gasteiger charge is 2.79. The number of rotatable bonds is 16. The number of nitrogens with one attached hydrogen (secondary N) is 3. The number of nitrogens with zero attached hydrogens (tertiary/aromatic N) is 3. The summed E-state index contributed by atoms with van der Waals surface area (Å²) in [5.41, 5.74) is -4.65. The molecule has 0 radical (unpaired) electrons. The Labute approximate surface area is 393 Å². The molecule has 6 aliphatic rings. The number of sulfone groups is 1. The molecule has 67 heavy (non-hydrogen) atoms. The molecule has 4 aliphatic carbocycles. The number of halogens is 6. The zero-order valence-corrected chi connectivity index (χ0v) is 40.1. The predicted octanol–water partition coefficient (Wildman–Crippen LogP) is 8.33. The number of anilines is 2. The lowest BCUT2D eigenvalue weighted by molar-refractivity contribution is -0.353. The minimum absolute atomic E-state index is 0.0452. The number of allylic oxidation sites excluding steroid dienone is 1. The Hall–Kier alpha value is -3.82. The van der Waals surface area contributed by atoms with Gasteiger partial charge in [-0.15, -0.1) is 11.8 Å². The quantitative estimate of drug-likeness (QED) is 0.0728. The molecule has 1 amide bonds. The van der Waals surface area contributed by atoms with E-state index < -0.39 is 64.4 Å². The zero-order valence-electron chi connectivity index (χ0n) is 37.6. The van der Waals surface area contributed by atoms with Gasteiger partial charge in [0.05, 0.1) is 16.0 Å². The molecule has 1 atom stereocenters. The van der Waals surface area contributed by atoms with Crippen molar-refractivity contribution in [3.05, 3.63) is 89.5 Å². The molecular formula is C47H58F6N6O5S3. The Morgan fingerprint density at radius 2 is 1.49 bits per heavy atom. The maximum atomic E-state index is 14.2. The van der Waals surface area contributed by atoms with Crippen LogP contribution in [0, 0.1) is 16.2 Å². The summed E-state index contributed by atoms with van der Waals surface area (Å²) in [4.78, 5) is 18.8. The van der Waals surface area contributed by atoms with Crippen LogP contribution in [0.5, 0.6) is 0 Å². The van der Waals surface area contributed by atoms with Crippen molar-refractivity contribution in [3.63, 3.8) is 0 Å². The van der Waals surface area contributed by atoms with Crippen molar-refractivity contribution in [2.24, 2.45) is 16.2 Å². The van der Waals surface area contributed by atoms with Crippen LogP contribution in [0.4, 0.5) is 37.7 Å². The van der Waals surface area contributed by atoms with Gasteiger partial charge < -0.3 is 20.4 Å². The first kappa shape index (κ1) is 49.6. The van der Waals surface area contributed by atoms with Gasteiger partial charge in [0.2, 0.25) is 0 Å². The maximum absolute atomic E-state index is 14.2. The zero-order chi connectivity index (χ0) is 48.0. The molecule has 366 valence electrons. The van der Waals surface area contributed by atoms with Crippen LogP contribution < -0.4 is 20.3 Å². The summed E-state index contributed by atoms with van der Waals surface area (Å²) >= 11 is 1.44. The summed E-state index contributed by atoms with van der Waals surface area (Å²) in [6.07, 6.45) is -0.380. The minimum Gasteiger partial charge on any atom is -0.380 e. The van der Waals surface area contributed by atoms with E-state index in [-0.39, 0.29) is 35.7 Å². The summed E-state index contributed by atoms with van der Waals surface area (Å²) < 4.78 is 139. The average molecular weight is 997 g/mol. The number of sulfonamides is 1. The molecule has 11 nitrogen and oxygen atoms in total. The van der Waals surface area contributed by atoms with Gasteiger partial charge in [-0.25, -0.2) is 21.6 Å². The number of thioether (sulfide) groups is 1. The number of piperazine rings is 2. The Balaban J connectivity index is 0.915. The van der Waals surface area contributed by atoms with E-state index in [2.05, 4.69) is 39.2 Å². The number of hydrogen-bond donors (Lipinski definition) is 3. The number of alkyl halides is 6. The summed E-state index contributed by atoms with van der Waals surface area (Å²) in [6.45, 7) is 11.5. The second-order valence-corrected chi connectivity index (χ2v) is 24.4. The summed E-state index contributed by atoms with van der Waals surface area (Å²) in [7, 11) is -10.9. The van der Waals surface area contributed by atoms with Crippen LogP contribution in [0.1, 0.15) is 69.2 Å². The molecule has 3 aromatic rings. The fraction of sp³-hybridized carbons (Fsp3) is 0.553. The fourth-order valence-corrected chi connectivity index (χ4v) is 13.5. The molecule has 0 aromatic heterocycles. The van der Waals surface area contributed by atoms with Gasteiger partial charge in [-0.1, -0.05) is 43.2 Å². The molecule has 3 saturated carbocycles. The third kappa shape index (κ3) is 10.7. The first-order valence-electron chi connectivity index (χ1n) is 22.7. The topological polar surface area (TPSA) is 131 Å². The summed E-state index contributed by atoms with van der Waals surface area (Å²) in [5.74, 6) is -0.695. The molecule has 2 saturated heterocycles. The smallest absolute Gasteiger partial charge is 0.380 e. The van der Waals surface area contributed by atoms with Crippen LogP contribution in [-0.4, -0.2) is 121 Å². The average Bonchev–Trinajstić information content (AvgIpc) is 3.24. The van der Waals surface area contributed by atoms with Crippen molar-refractivity contribution in [1.29, 1.82) is 0 Å². The summed E-state index contributed by atoms with van der Waals surface area (Å²) in [6, 6.07) is 17.4. The molecule has 3 aromatic carbocycles. The van der Waals surface area contributed by atoms with Crippen LogP contribution in [0.2, 0.25) is 0 Å². The van der Waals surface area contributed by atoms with E-state index in [4.69, 9.17) is 0 Å². The van der Waals surface area contributed by atoms with Gasteiger partial charge in [-0.2, -0.15) is 26.3 Å². The van der Waals surface area contributed by atoms with Crippen LogP contribution in [-0.2, 0) is 19.9 Å². The first-order valence-corrected chi connectivity index (χ1v) is 26.7. The normalized spacial score (nSPS) is 24.4. The van der Waals surface area contributed by atoms with Crippen LogP contribution in [0.3, 0.4) is 0 Å². The highest BCUT2D eigenvalue weighted by Crippen LogP contribution is 2.82. The van der Waals surface area contributed by atoms with Gasteiger partial charge >= 0.3 is 11.7 Å². The van der Waals surface area contributed by atoms with E-state index in [9.17, 15) is 48.0 Å². The number of carbonyl (C=O) groups excluding carboxylic acids is 1. The Morgan fingerprint density at radius 3 is 2.12 bits per heavy atom. The van der Waals surface area contributed by atoms with E-state index in [1.54, 1.807) is 12.1 Å². The third-order valence-corrected chi connectivity index (χ3v) is 18.4. The molecule has 9 rings (SSSR count). The van der Waals surface area contributed by atoms with Gasteiger partial charge in [-0.05, 0) is 110 Å². The molecule has 3 N–H and O–H groups in total. The van der Waals surface area contributed by atoms with Gasteiger partial charge in [0.1, 0.15) is 4.90 Å². The summed E-state index contributed by atoms with van der Waals surface area (Å²) in [5, 5.41) is 6.26. The monoisotopic (exact) mass is 996 g/mol. The van der Waals surface area contributed by atoms with Gasteiger partial charge in [0, 0.05) is 93.4 Å². The van der Waals surface area contributed by atoms with Gasteiger partial charge in [-0.3, -0.25) is 9.69 Å². The number of hydrogen-bond acceptors (Lipinski definition) is 11. The van der Waals surface area contributed by atoms with Crippen LogP contribution in [0.15, 0.2) is 98.6 Å². The van der Waals surface area contributed by atoms with Crippen LogP contribution in [0.25, 0.3) is 0 Å². The first-order chi connectivity index (χ1) is 31.5. The van der Waals surface area contributed by atoms with Crippen molar-refractivity contribution < 1.29 is 48.0 Å². The molecule has 0 spiro atoms. The number of amides is 1. The molecule has 2 aliphatic heterocycles. The van der Waals surface area contributed by atoms with E-state index in [1.807, 2.05) is 35.1 Å². The van der Waals surface area contributed by atoms with Crippen molar-refractivity contribution in [2.45, 2.75) is 91.2 Å². The molecule has 0 unspecified atom stereocenters. The highest BCUT2D eigenvalue weighted by molar-refractivity contribution is 7.99. The van der Waals surface area contributed by atoms with Crippen molar-refractivity contribution in [3.8, 4) is 0 Å². The standard InChI is InChI=1S/C47H58F6N6O5S3/c1-43(2)16-14-34(39(27-43)44-30-45(31-44,32-44)46(48,49)50)28-58-22-24-59(25-23-58)36-10-8-33(9-11-36)42(60)56-67(63,64)38-12-13-40(41(26-38)66(61,62)47(51,52)53)55-35(15-19-57-20-17-54-18-21-57)29-65-37-6-4-3-5-7-37/h3-13,26,35,54-55H,14-25,27-32H2,1-2H3,(H,56,60)/t35-,44?,45?/m1/s1. The molecule has 2 bridgehead atoms. The lowest BCUT2D eigenvalue weighted by Crippen LogP contribution is -2.69. The van der Waals surface area contributed by atoms with Crippen LogP contribution >= 0.6 is 11.8 Å². The highest BCUT2D eigenvalue weighted by atomic mass is 32.2. The Kier molecular flexibility index (Phi) is 13.9. The van der Waals surface area contributed by atoms with E-state index in [0.717, 1.165) is 74.7 Å². The maximum Gasteiger partial charge on any atom is 0.501 e. The van der Waals surface area contributed by atoms with E-state index in [1.165, 1.54) is 35.0 Å². The van der Waals surface area contributed by atoms with Crippen molar-refractivity contribution in [1.82, 2.24) is 19.8 Å². The fourth-order valence-electron chi connectivity index (χ4n) is 10.5. The second-order valence-electron chi connectivity index (χ2n) is 19.7. The molecular weight excluding hydrogens is 939 g/mol.